The highest BCUT2D eigenvalue weighted by molar-refractivity contribution is 9.10. The van der Waals surface area contributed by atoms with Crippen LogP contribution in [0.3, 0.4) is 0 Å². The lowest BCUT2D eigenvalue weighted by Gasteiger charge is -2.18. The van der Waals surface area contributed by atoms with Gasteiger partial charge in [-0.1, -0.05) is 17.7 Å². The van der Waals surface area contributed by atoms with E-state index >= 15 is 0 Å². The van der Waals surface area contributed by atoms with Crippen molar-refractivity contribution in [3.63, 3.8) is 0 Å². The van der Waals surface area contributed by atoms with E-state index in [-0.39, 0.29) is 6.54 Å². The van der Waals surface area contributed by atoms with E-state index in [2.05, 4.69) is 22.5 Å². The Labute approximate surface area is 101 Å². The van der Waals surface area contributed by atoms with Gasteiger partial charge in [-0.2, -0.15) is 0 Å². The lowest BCUT2D eigenvalue weighted by Crippen LogP contribution is -2.29. The standard InChI is InChI=1S/C10H9BrClNO2/c1-2-5-13(10(14)15)9-4-3-7(12)6-8(9)11/h2-4,6H,1,5H2,(H,14,15). The van der Waals surface area contributed by atoms with E-state index in [1.165, 1.54) is 11.0 Å². The molecule has 0 fully saturated rings. The number of carboxylic acid groups (broad SMARTS) is 1. The van der Waals surface area contributed by atoms with Gasteiger partial charge in [0.25, 0.3) is 0 Å². The third-order valence-corrected chi connectivity index (χ3v) is 2.61. The molecule has 0 aromatic heterocycles. The maximum absolute atomic E-state index is 11.0. The molecule has 1 amide bonds. The Hall–Kier alpha value is -1.000. The van der Waals surface area contributed by atoms with Crippen LogP contribution in [0.15, 0.2) is 35.3 Å². The SMILES string of the molecule is C=CCN(C(=O)O)c1ccc(Cl)cc1Br. The van der Waals surface area contributed by atoms with Crippen LogP contribution in [0.2, 0.25) is 5.02 Å². The highest BCUT2D eigenvalue weighted by Crippen LogP contribution is 2.29. The number of nitrogens with zero attached hydrogens (tertiary/aromatic N) is 1. The van der Waals surface area contributed by atoms with Crippen LogP contribution in [-0.2, 0) is 0 Å². The molecule has 0 atom stereocenters. The van der Waals surface area contributed by atoms with Crippen molar-refractivity contribution in [2.24, 2.45) is 0 Å². The van der Waals surface area contributed by atoms with Gasteiger partial charge in [-0.3, -0.25) is 4.90 Å². The first kappa shape index (κ1) is 12.1. The number of anilines is 1. The average molecular weight is 291 g/mol. The van der Waals surface area contributed by atoms with Gasteiger partial charge < -0.3 is 5.11 Å². The topological polar surface area (TPSA) is 40.5 Å². The van der Waals surface area contributed by atoms with Gasteiger partial charge in [-0.05, 0) is 34.1 Å². The molecule has 0 unspecified atom stereocenters. The maximum Gasteiger partial charge on any atom is 0.412 e. The van der Waals surface area contributed by atoms with Crippen molar-refractivity contribution in [3.8, 4) is 0 Å². The summed E-state index contributed by atoms with van der Waals surface area (Å²) in [6.07, 6.45) is 0.493. The lowest BCUT2D eigenvalue weighted by molar-refractivity contribution is 0.202. The van der Waals surface area contributed by atoms with Gasteiger partial charge in [0.2, 0.25) is 0 Å². The van der Waals surface area contributed by atoms with Crippen molar-refractivity contribution in [1.29, 1.82) is 0 Å². The van der Waals surface area contributed by atoms with Crippen molar-refractivity contribution in [3.05, 3.63) is 40.3 Å². The summed E-state index contributed by atoms with van der Waals surface area (Å²) < 4.78 is 0.638. The van der Waals surface area contributed by atoms with Gasteiger partial charge >= 0.3 is 6.09 Å². The first-order chi connectivity index (χ1) is 7.06. The van der Waals surface area contributed by atoms with Gasteiger partial charge in [-0.25, -0.2) is 4.79 Å². The molecular weight excluding hydrogens is 281 g/mol. The number of hydrogen-bond donors (Lipinski definition) is 1. The lowest BCUT2D eigenvalue weighted by atomic mass is 10.3. The van der Waals surface area contributed by atoms with Crippen molar-refractivity contribution in [2.75, 3.05) is 11.4 Å². The summed E-state index contributed by atoms with van der Waals surface area (Å²) >= 11 is 9.02. The predicted molar refractivity (Wildman–Crippen MR) is 64.7 cm³/mol. The Bertz CT molecular complexity index is 395. The highest BCUT2D eigenvalue weighted by Gasteiger charge is 2.15. The molecule has 0 aliphatic carbocycles. The van der Waals surface area contributed by atoms with Crippen LogP contribution in [-0.4, -0.2) is 17.7 Å². The Morgan fingerprint density at radius 2 is 2.33 bits per heavy atom. The van der Waals surface area contributed by atoms with Crippen LogP contribution < -0.4 is 4.90 Å². The van der Waals surface area contributed by atoms with E-state index in [4.69, 9.17) is 16.7 Å². The molecular formula is C10H9BrClNO2. The van der Waals surface area contributed by atoms with E-state index < -0.39 is 6.09 Å². The second-order valence-corrected chi connectivity index (χ2v) is 4.07. The number of hydrogen-bond acceptors (Lipinski definition) is 1. The molecule has 0 heterocycles. The van der Waals surface area contributed by atoms with Crippen LogP contribution >= 0.6 is 27.5 Å². The molecule has 15 heavy (non-hydrogen) atoms. The van der Waals surface area contributed by atoms with E-state index in [1.54, 1.807) is 18.2 Å². The summed E-state index contributed by atoms with van der Waals surface area (Å²) in [5.74, 6) is 0. The smallest absolute Gasteiger partial charge is 0.412 e. The first-order valence-corrected chi connectivity index (χ1v) is 5.29. The van der Waals surface area contributed by atoms with Crippen molar-refractivity contribution in [1.82, 2.24) is 0 Å². The minimum Gasteiger partial charge on any atom is -0.465 e. The molecule has 0 saturated carbocycles. The molecule has 3 nitrogen and oxygen atoms in total. The maximum atomic E-state index is 11.0. The minimum absolute atomic E-state index is 0.232. The Balaban J connectivity index is 3.10. The van der Waals surface area contributed by atoms with Crippen LogP contribution in [0.1, 0.15) is 0 Å². The van der Waals surface area contributed by atoms with Crippen molar-refractivity contribution >= 4 is 39.3 Å². The summed E-state index contributed by atoms with van der Waals surface area (Å²) in [6.45, 7) is 3.74. The number of benzene rings is 1. The third kappa shape index (κ3) is 2.97. The fourth-order valence-corrected chi connectivity index (χ4v) is 2.01. The van der Waals surface area contributed by atoms with Crippen LogP contribution in [0.25, 0.3) is 0 Å². The van der Waals surface area contributed by atoms with Gasteiger partial charge in [-0.15, -0.1) is 6.58 Å². The van der Waals surface area contributed by atoms with Gasteiger partial charge in [0.1, 0.15) is 0 Å². The third-order valence-electron chi connectivity index (χ3n) is 1.74. The van der Waals surface area contributed by atoms with Crippen molar-refractivity contribution < 1.29 is 9.90 Å². The number of amides is 1. The van der Waals surface area contributed by atoms with E-state index in [0.29, 0.717) is 15.2 Å². The van der Waals surface area contributed by atoms with E-state index in [9.17, 15) is 4.79 Å². The Morgan fingerprint density at radius 3 is 2.80 bits per heavy atom. The zero-order valence-corrected chi connectivity index (χ0v) is 10.1. The Kier molecular flexibility index (Phi) is 4.17. The quantitative estimate of drug-likeness (QED) is 0.861. The number of carbonyl (C=O) groups is 1. The predicted octanol–water partition coefficient (Wildman–Crippen LogP) is 3.77. The normalized spacial score (nSPS) is 9.73. The summed E-state index contributed by atoms with van der Waals surface area (Å²) in [5.41, 5.74) is 0.548. The molecule has 80 valence electrons. The van der Waals surface area contributed by atoms with Crippen molar-refractivity contribution in [2.45, 2.75) is 0 Å². The largest absolute Gasteiger partial charge is 0.465 e. The highest BCUT2D eigenvalue weighted by atomic mass is 79.9. The monoisotopic (exact) mass is 289 g/mol. The van der Waals surface area contributed by atoms with Gasteiger partial charge in [0.05, 0.1) is 5.69 Å². The summed E-state index contributed by atoms with van der Waals surface area (Å²) in [5, 5.41) is 9.53. The van der Waals surface area contributed by atoms with E-state index in [0.717, 1.165) is 0 Å². The zero-order chi connectivity index (χ0) is 11.4. The molecule has 0 aliphatic heterocycles. The molecule has 0 saturated heterocycles. The Morgan fingerprint density at radius 1 is 1.67 bits per heavy atom. The minimum atomic E-state index is -1.03. The fourth-order valence-electron chi connectivity index (χ4n) is 1.11. The van der Waals surface area contributed by atoms with Crippen LogP contribution in [0, 0.1) is 0 Å². The number of rotatable bonds is 3. The summed E-state index contributed by atoms with van der Waals surface area (Å²) in [4.78, 5) is 12.1. The molecule has 1 aromatic rings. The van der Waals surface area contributed by atoms with Gasteiger partial charge in [0, 0.05) is 16.0 Å². The molecule has 1 rings (SSSR count). The number of halogens is 2. The summed E-state index contributed by atoms with van der Waals surface area (Å²) in [6, 6.07) is 4.93. The second-order valence-electron chi connectivity index (χ2n) is 2.78. The second kappa shape index (κ2) is 5.19. The summed E-state index contributed by atoms with van der Waals surface area (Å²) in [7, 11) is 0. The molecule has 1 aromatic carbocycles. The van der Waals surface area contributed by atoms with Gasteiger partial charge in [0.15, 0.2) is 0 Å². The molecule has 0 aliphatic rings. The molecule has 0 spiro atoms. The average Bonchev–Trinajstić information content (AvgIpc) is 2.15. The zero-order valence-electron chi connectivity index (χ0n) is 7.78. The first-order valence-electron chi connectivity index (χ1n) is 4.12. The van der Waals surface area contributed by atoms with Crippen LogP contribution in [0.5, 0.6) is 0 Å². The van der Waals surface area contributed by atoms with E-state index in [1.807, 2.05) is 0 Å². The van der Waals surface area contributed by atoms with Crippen LogP contribution in [0.4, 0.5) is 10.5 Å². The molecule has 0 radical (unpaired) electrons. The molecule has 5 heteroatoms. The molecule has 1 N–H and O–H groups in total. The fraction of sp³-hybridized carbons (Fsp3) is 0.100. The molecule has 0 bridgehead atoms.